The number of halogens is 3. The van der Waals surface area contributed by atoms with Gasteiger partial charge >= 0.3 is 6.18 Å². The fraction of sp³-hybridized carbons (Fsp3) is 0.529. The van der Waals surface area contributed by atoms with Crippen molar-refractivity contribution in [1.82, 2.24) is 15.5 Å². The van der Waals surface area contributed by atoms with E-state index in [0.29, 0.717) is 17.4 Å². The summed E-state index contributed by atoms with van der Waals surface area (Å²) < 4.78 is 38.3. The Hall–Kier alpha value is -2.25. The Bertz CT molecular complexity index is 643. The number of amides is 1. The smallest absolute Gasteiger partial charge is 0.353 e. The molecule has 0 saturated heterocycles. The Kier molecular flexibility index (Phi) is 5.92. The van der Waals surface area contributed by atoms with Gasteiger partial charge in [0.05, 0.1) is 18.7 Å². The summed E-state index contributed by atoms with van der Waals surface area (Å²) in [5, 5.41) is 6.13. The summed E-state index contributed by atoms with van der Waals surface area (Å²) in [4.78, 5) is 17.5. The number of nitrogens with one attached hydrogen (secondary N) is 2. The molecular weight excluding hydrogens is 333 g/mol. The van der Waals surface area contributed by atoms with E-state index in [-0.39, 0.29) is 25.0 Å². The summed E-state index contributed by atoms with van der Waals surface area (Å²) in [6.45, 7) is 2.26. The minimum absolute atomic E-state index is 0.0719. The molecule has 1 aromatic carbocycles. The summed E-state index contributed by atoms with van der Waals surface area (Å²) in [5.41, 5.74) is -0.236. The lowest BCUT2D eigenvalue weighted by Crippen LogP contribution is -2.44. The van der Waals surface area contributed by atoms with E-state index in [0.717, 1.165) is 18.6 Å². The van der Waals surface area contributed by atoms with Crippen LogP contribution in [0.2, 0.25) is 0 Å². The van der Waals surface area contributed by atoms with E-state index in [4.69, 9.17) is 0 Å². The number of aliphatic imine (C=N–C) groups is 1. The molecule has 1 saturated carbocycles. The van der Waals surface area contributed by atoms with Crippen molar-refractivity contribution in [1.29, 1.82) is 0 Å². The third kappa shape index (κ3) is 5.95. The van der Waals surface area contributed by atoms with E-state index in [1.807, 2.05) is 0 Å². The fourth-order valence-electron chi connectivity index (χ4n) is 2.19. The van der Waals surface area contributed by atoms with Crippen molar-refractivity contribution in [3.05, 3.63) is 35.4 Å². The third-order valence-electron chi connectivity index (χ3n) is 4.01. The highest BCUT2D eigenvalue weighted by molar-refractivity contribution is 5.86. The van der Waals surface area contributed by atoms with Crippen LogP contribution in [0.5, 0.6) is 0 Å². The highest BCUT2D eigenvalue weighted by atomic mass is 19.4. The zero-order valence-electron chi connectivity index (χ0n) is 14.5. The van der Waals surface area contributed by atoms with E-state index in [9.17, 15) is 18.0 Å². The minimum Gasteiger partial charge on any atom is -0.353 e. The van der Waals surface area contributed by atoms with Gasteiger partial charge in [-0.25, -0.2) is 4.99 Å². The lowest BCUT2D eigenvalue weighted by Gasteiger charge is -2.15. The number of hydrogen-bond donors (Lipinski definition) is 2. The molecule has 1 aliphatic rings. The molecule has 0 spiro atoms. The molecule has 0 radical (unpaired) electrons. The largest absolute Gasteiger partial charge is 0.416 e. The Morgan fingerprint density at radius 3 is 2.60 bits per heavy atom. The summed E-state index contributed by atoms with van der Waals surface area (Å²) >= 11 is 0. The molecule has 8 heteroatoms. The number of benzene rings is 1. The van der Waals surface area contributed by atoms with E-state index < -0.39 is 11.7 Å². The van der Waals surface area contributed by atoms with Crippen molar-refractivity contribution in [2.24, 2.45) is 10.9 Å². The van der Waals surface area contributed by atoms with Crippen LogP contribution in [-0.2, 0) is 17.5 Å². The quantitative estimate of drug-likeness (QED) is 0.628. The number of carbonyl (C=O) groups excluding carboxylic acids is 1. The van der Waals surface area contributed by atoms with Gasteiger partial charge in [0.2, 0.25) is 5.91 Å². The zero-order valence-corrected chi connectivity index (χ0v) is 14.5. The summed E-state index contributed by atoms with van der Waals surface area (Å²) in [6, 6.07) is 5.37. The van der Waals surface area contributed by atoms with Crippen molar-refractivity contribution >= 4 is 11.9 Å². The first-order valence-electron chi connectivity index (χ1n) is 8.08. The Morgan fingerprint density at radius 1 is 1.36 bits per heavy atom. The molecule has 2 N–H and O–H groups in total. The second-order valence-electron chi connectivity index (χ2n) is 6.47. The predicted molar refractivity (Wildman–Crippen MR) is 90.0 cm³/mol. The van der Waals surface area contributed by atoms with Crippen LogP contribution in [0.3, 0.4) is 0 Å². The number of nitrogens with zero attached hydrogens (tertiary/aromatic N) is 2. The Balaban J connectivity index is 2.04. The highest BCUT2D eigenvalue weighted by Crippen LogP contribution is 2.30. The second kappa shape index (κ2) is 7.76. The van der Waals surface area contributed by atoms with Crippen molar-refractivity contribution in [3.8, 4) is 0 Å². The number of rotatable bonds is 5. The molecule has 5 nitrogen and oxygen atoms in total. The monoisotopic (exact) mass is 356 g/mol. The van der Waals surface area contributed by atoms with Gasteiger partial charge in [0.25, 0.3) is 0 Å². The van der Waals surface area contributed by atoms with Crippen LogP contribution >= 0.6 is 0 Å². The number of carbonyl (C=O) groups is 1. The van der Waals surface area contributed by atoms with Gasteiger partial charge in [0, 0.05) is 20.1 Å². The van der Waals surface area contributed by atoms with Crippen molar-refractivity contribution < 1.29 is 18.0 Å². The lowest BCUT2D eigenvalue weighted by molar-refractivity contribution is -0.137. The van der Waals surface area contributed by atoms with Crippen LogP contribution in [0.4, 0.5) is 13.2 Å². The number of guanidine groups is 1. The van der Waals surface area contributed by atoms with E-state index >= 15 is 0 Å². The lowest BCUT2D eigenvalue weighted by atomic mass is 10.1. The molecule has 2 atom stereocenters. The van der Waals surface area contributed by atoms with Gasteiger partial charge in [-0.05, 0) is 30.0 Å². The van der Waals surface area contributed by atoms with Crippen molar-refractivity contribution in [2.75, 3.05) is 20.6 Å². The second-order valence-corrected chi connectivity index (χ2v) is 6.47. The first-order chi connectivity index (χ1) is 11.7. The molecule has 138 valence electrons. The molecule has 0 heterocycles. The van der Waals surface area contributed by atoms with Crippen LogP contribution in [-0.4, -0.2) is 43.4 Å². The average Bonchev–Trinajstić information content (AvgIpc) is 3.24. The molecule has 1 fully saturated rings. The van der Waals surface area contributed by atoms with Crippen LogP contribution in [0.15, 0.2) is 29.3 Å². The maximum atomic E-state index is 12.8. The normalized spacial score (nSPS) is 20.2. The van der Waals surface area contributed by atoms with Crippen molar-refractivity contribution in [2.45, 2.75) is 32.1 Å². The van der Waals surface area contributed by atoms with E-state index in [2.05, 4.69) is 22.5 Å². The van der Waals surface area contributed by atoms with Crippen LogP contribution in [0.1, 0.15) is 24.5 Å². The standard InChI is InChI=1S/C17H23F3N4O/c1-11-7-14(11)23-16(22-10-15(25)24(2)3)21-9-12-5-4-6-13(8-12)17(18,19)20/h4-6,8,11,14H,7,9-10H2,1-3H3,(H2,21,22,23). The van der Waals surface area contributed by atoms with E-state index in [1.165, 1.54) is 11.0 Å². The molecule has 0 aliphatic heterocycles. The maximum Gasteiger partial charge on any atom is 0.416 e. The first kappa shape index (κ1) is 19.1. The number of hydrogen-bond acceptors (Lipinski definition) is 2. The highest BCUT2D eigenvalue weighted by Gasteiger charge is 2.33. The Morgan fingerprint density at radius 2 is 2.04 bits per heavy atom. The molecule has 1 aromatic rings. The molecule has 25 heavy (non-hydrogen) atoms. The fourth-order valence-corrected chi connectivity index (χ4v) is 2.19. The molecule has 2 rings (SSSR count). The topological polar surface area (TPSA) is 56.7 Å². The maximum absolute atomic E-state index is 12.8. The minimum atomic E-state index is -4.37. The SMILES string of the molecule is CC1CC1NC(=NCc1cccc(C(F)(F)F)c1)NCC(=O)N(C)C. The van der Waals surface area contributed by atoms with Crippen molar-refractivity contribution in [3.63, 3.8) is 0 Å². The predicted octanol–water partition coefficient (Wildman–Crippen LogP) is 2.24. The van der Waals surface area contributed by atoms with Gasteiger partial charge < -0.3 is 15.5 Å². The van der Waals surface area contributed by atoms with Gasteiger partial charge in [-0.1, -0.05) is 19.1 Å². The van der Waals surface area contributed by atoms with Gasteiger partial charge in [-0.2, -0.15) is 13.2 Å². The number of alkyl halides is 3. The van der Waals surface area contributed by atoms with Gasteiger partial charge in [-0.15, -0.1) is 0 Å². The van der Waals surface area contributed by atoms with Crippen LogP contribution in [0, 0.1) is 5.92 Å². The third-order valence-corrected chi connectivity index (χ3v) is 4.01. The van der Waals surface area contributed by atoms with Gasteiger partial charge in [0.15, 0.2) is 5.96 Å². The van der Waals surface area contributed by atoms with Gasteiger partial charge in [-0.3, -0.25) is 4.79 Å². The summed E-state index contributed by atoms with van der Waals surface area (Å²) in [7, 11) is 3.31. The average molecular weight is 356 g/mol. The summed E-state index contributed by atoms with van der Waals surface area (Å²) in [6.07, 6.45) is -3.37. The first-order valence-corrected chi connectivity index (χ1v) is 8.08. The van der Waals surface area contributed by atoms with Crippen LogP contribution in [0.25, 0.3) is 0 Å². The number of likely N-dealkylation sites (N-methyl/N-ethyl adjacent to an activating group) is 1. The zero-order chi connectivity index (χ0) is 18.6. The van der Waals surface area contributed by atoms with E-state index in [1.54, 1.807) is 20.2 Å². The Labute approximate surface area is 145 Å². The molecule has 0 bridgehead atoms. The molecule has 2 unspecified atom stereocenters. The van der Waals surface area contributed by atoms with Crippen LogP contribution < -0.4 is 10.6 Å². The molecule has 1 amide bonds. The summed E-state index contributed by atoms with van der Waals surface area (Å²) in [5.74, 6) is 0.837. The molecule has 0 aromatic heterocycles. The van der Waals surface area contributed by atoms with Gasteiger partial charge in [0.1, 0.15) is 0 Å². The molecule has 1 aliphatic carbocycles. The molecular formula is C17H23F3N4O.